The normalized spacial score (nSPS) is 19.5. The molecule has 0 amide bonds. The van der Waals surface area contributed by atoms with E-state index in [9.17, 15) is 4.79 Å². The second-order valence-corrected chi connectivity index (χ2v) is 5.53. The molecule has 0 aromatic heterocycles. The van der Waals surface area contributed by atoms with Crippen LogP contribution in [0.1, 0.15) is 32.6 Å². The summed E-state index contributed by atoms with van der Waals surface area (Å²) in [5.41, 5.74) is 0. The Morgan fingerprint density at radius 2 is 2.00 bits per heavy atom. The Bertz CT molecular complexity index is 470. The molecule has 2 rings (SSSR count). The van der Waals surface area contributed by atoms with Crippen LogP contribution in [0.2, 0.25) is 5.02 Å². The molecule has 5 nitrogen and oxygen atoms in total. The van der Waals surface area contributed by atoms with Gasteiger partial charge in [0.25, 0.3) is 0 Å². The van der Waals surface area contributed by atoms with Crippen molar-refractivity contribution in [3.8, 4) is 5.75 Å². The fourth-order valence-corrected chi connectivity index (χ4v) is 2.15. The zero-order valence-corrected chi connectivity index (χ0v) is 13.4. The van der Waals surface area contributed by atoms with E-state index in [4.69, 9.17) is 30.5 Å². The molecule has 22 heavy (non-hydrogen) atoms. The Labute approximate surface area is 135 Å². The Morgan fingerprint density at radius 3 is 2.64 bits per heavy atom. The Morgan fingerprint density at radius 1 is 1.27 bits per heavy atom. The van der Waals surface area contributed by atoms with Gasteiger partial charge in [-0.05, 0) is 50.5 Å². The van der Waals surface area contributed by atoms with Gasteiger partial charge < -0.3 is 18.9 Å². The monoisotopic (exact) mass is 328 g/mol. The maximum atomic E-state index is 11.3. The van der Waals surface area contributed by atoms with E-state index in [1.165, 1.54) is 0 Å². The molecule has 0 saturated carbocycles. The van der Waals surface area contributed by atoms with Crippen molar-refractivity contribution < 1.29 is 23.7 Å². The third-order valence-electron chi connectivity index (χ3n) is 3.28. The second-order valence-electron chi connectivity index (χ2n) is 5.10. The van der Waals surface area contributed by atoms with E-state index < -0.39 is 11.9 Å². The predicted molar refractivity (Wildman–Crippen MR) is 82.2 cm³/mol. The molecular weight excluding hydrogens is 308 g/mol. The topological polar surface area (TPSA) is 57.3 Å². The fraction of sp³-hybridized carbons (Fsp3) is 0.562. The molecule has 0 bridgehead atoms. The number of carbonyl (C=O) groups excluding carboxylic acids is 1. The summed E-state index contributed by atoms with van der Waals surface area (Å²) in [6.07, 6.45) is 2.84. The number of hydrogen-bond acceptors (Lipinski definition) is 5. The maximum absolute atomic E-state index is 11.3. The minimum absolute atomic E-state index is 0.303. The van der Waals surface area contributed by atoms with Crippen LogP contribution in [0.4, 0.5) is 4.79 Å². The SMILES string of the molecule is CCOC(=O)OC1(CCCCCOc2ccc(Cl)cc2)CO1. The number of carbonyl (C=O) groups is 1. The highest BCUT2D eigenvalue weighted by molar-refractivity contribution is 6.30. The number of hydrogen-bond donors (Lipinski definition) is 0. The van der Waals surface area contributed by atoms with Crippen molar-refractivity contribution in [3.05, 3.63) is 29.3 Å². The minimum atomic E-state index is -0.747. The van der Waals surface area contributed by atoms with Gasteiger partial charge in [-0.15, -0.1) is 0 Å². The zero-order valence-electron chi connectivity index (χ0n) is 12.7. The minimum Gasteiger partial charge on any atom is -0.494 e. The first-order valence-corrected chi connectivity index (χ1v) is 7.89. The summed E-state index contributed by atoms with van der Waals surface area (Å²) < 4.78 is 20.7. The van der Waals surface area contributed by atoms with Crippen molar-refractivity contribution in [2.75, 3.05) is 19.8 Å². The second kappa shape index (κ2) is 8.25. The smallest absolute Gasteiger partial charge is 0.494 e. The van der Waals surface area contributed by atoms with E-state index in [1.54, 1.807) is 19.1 Å². The van der Waals surface area contributed by atoms with Gasteiger partial charge in [-0.3, -0.25) is 0 Å². The van der Waals surface area contributed by atoms with Gasteiger partial charge >= 0.3 is 6.16 Å². The molecule has 0 radical (unpaired) electrons. The highest BCUT2D eigenvalue weighted by Crippen LogP contribution is 2.34. The first kappa shape index (κ1) is 16.9. The Kier molecular flexibility index (Phi) is 6.34. The molecule has 1 atom stereocenters. The molecule has 0 N–H and O–H groups in total. The highest BCUT2D eigenvalue weighted by atomic mass is 35.5. The Balaban J connectivity index is 1.54. The van der Waals surface area contributed by atoms with Gasteiger partial charge in [0.05, 0.1) is 13.2 Å². The molecule has 122 valence electrons. The van der Waals surface area contributed by atoms with Crippen LogP contribution in [0.5, 0.6) is 5.75 Å². The molecular formula is C16H21ClO5. The molecule has 1 aromatic rings. The highest BCUT2D eigenvalue weighted by Gasteiger charge is 2.49. The molecule has 1 unspecified atom stereocenters. The summed E-state index contributed by atoms with van der Waals surface area (Å²) in [4.78, 5) is 11.3. The van der Waals surface area contributed by atoms with Crippen LogP contribution in [0.25, 0.3) is 0 Å². The quantitative estimate of drug-likeness (QED) is 0.386. The Hall–Kier alpha value is -1.46. The summed E-state index contributed by atoms with van der Waals surface area (Å²) in [5.74, 6) is 0.0700. The molecule has 1 aromatic carbocycles. The van der Waals surface area contributed by atoms with E-state index in [1.807, 2.05) is 12.1 Å². The number of unbranched alkanes of at least 4 members (excludes halogenated alkanes) is 2. The summed E-state index contributed by atoms with van der Waals surface area (Å²) in [6.45, 7) is 3.14. The summed E-state index contributed by atoms with van der Waals surface area (Å²) in [7, 11) is 0. The van der Waals surface area contributed by atoms with Crippen LogP contribution in [0, 0.1) is 0 Å². The lowest BCUT2D eigenvalue weighted by atomic mass is 10.1. The fourth-order valence-electron chi connectivity index (χ4n) is 2.03. The lowest BCUT2D eigenvalue weighted by molar-refractivity contribution is -0.0382. The van der Waals surface area contributed by atoms with Crippen molar-refractivity contribution in [2.24, 2.45) is 0 Å². The molecule has 1 aliphatic rings. The van der Waals surface area contributed by atoms with Crippen molar-refractivity contribution >= 4 is 17.8 Å². The molecule has 6 heteroatoms. The van der Waals surface area contributed by atoms with Gasteiger partial charge in [-0.1, -0.05) is 11.6 Å². The molecule has 1 heterocycles. The van der Waals surface area contributed by atoms with Crippen LogP contribution >= 0.6 is 11.6 Å². The van der Waals surface area contributed by atoms with Crippen LogP contribution in [-0.4, -0.2) is 31.8 Å². The third-order valence-corrected chi connectivity index (χ3v) is 3.53. The van der Waals surface area contributed by atoms with Crippen LogP contribution in [-0.2, 0) is 14.2 Å². The standard InChI is InChI=1S/C16H21ClO5/c1-2-19-15(18)22-16(12-21-16)10-4-3-5-11-20-14-8-6-13(17)7-9-14/h6-9H,2-5,10-12H2,1H3. The number of epoxide rings is 1. The lowest BCUT2D eigenvalue weighted by Gasteiger charge is -2.12. The van der Waals surface area contributed by atoms with Gasteiger partial charge in [-0.25, -0.2) is 4.79 Å². The van der Waals surface area contributed by atoms with Crippen LogP contribution in [0.3, 0.4) is 0 Å². The molecule has 0 aliphatic carbocycles. The number of ether oxygens (including phenoxy) is 4. The predicted octanol–water partition coefficient (Wildman–Crippen LogP) is 4.18. The average Bonchev–Trinajstić information content (AvgIpc) is 3.24. The van der Waals surface area contributed by atoms with E-state index in [-0.39, 0.29) is 0 Å². The number of benzene rings is 1. The van der Waals surface area contributed by atoms with Crippen molar-refractivity contribution in [1.29, 1.82) is 0 Å². The molecule has 1 saturated heterocycles. The van der Waals surface area contributed by atoms with E-state index in [0.717, 1.165) is 25.0 Å². The van der Waals surface area contributed by atoms with E-state index in [2.05, 4.69) is 0 Å². The zero-order chi connectivity index (χ0) is 15.8. The van der Waals surface area contributed by atoms with Crippen molar-refractivity contribution in [3.63, 3.8) is 0 Å². The number of rotatable bonds is 9. The maximum Gasteiger partial charge on any atom is 0.510 e. The largest absolute Gasteiger partial charge is 0.510 e. The molecule has 0 spiro atoms. The van der Waals surface area contributed by atoms with Gasteiger partial charge in [0.2, 0.25) is 5.79 Å². The molecule has 1 aliphatic heterocycles. The first-order chi connectivity index (χ1) is 10.6. The molecule has 1 fully saturated rings. The van der Waals surface area contributed by atoms with Crippen LogP contribution in [0.15, 0.2) is 24.3 Å². The van der Waals surface area contributed by atoms with Gasteiger partial charge in [0, 0.05) is 11.4 Å². The summed E-state index contributed by atoms with van der Waals surface area (Å²) in [6, 6.07) is 7.31. The summed E-state index contributed by atoms with van der Waals surface area (Å²) in [5, 5.41) is 0.698. The van der Waals surface area contributed by atoms with E-state index >= 15 is 0 Å². The third kappa shape index (κ3) is 5.73. The van der Waals surface area contributed by atoms with Crippen LogP contribution < -0.4 is 4.74 Å². The first-order valence-electron chi connectivity index (χ1n) is 7.52. The van der Waals surface area contributed by atoms with E-state index in [0.29, 0.717) is 31.3 Å². The van der Waals surface area contributed by atoms with Crippen molar-refractivity contribution in [1.82, 2.24) is 0 Å². The number of halogens is 1. The van der Waals surface area contributed by atoms with Gasteiger partial charge in [0.1, 0.15) is 12.4 Å². The van der Waals surface area contributed by atoms with Gasteiger partial charge in [-0.2, -0.15) is 0 Å². The summed E-state index contributed by atoms with van der Waals surface area (Å²) >= 11 is 5.81. The van der Waals surface area contributed by atoms with Gasteiger partial charge in [0.15, 0.2) is 0 Å². The van der Waals surface area contributed by atoms with Crippen molar-refractivity contribution in [2.45, 2.75) is 38.4 Å². The lowest BCUT2D eigenvalue weighted by Crippen LogP contribution is -2.22. The average molecular weight is 329 g/mol.